The van der Waals surface area contributed by atoms with E-state index >= 15 is 0 Å². The summed E-state index contributed by atoms with van der Waals surface area (Å²) >= 11 is 0. The molecule has 0 fully saturated rings. The fourth-order valence-corrected chi connectivity index (χ4v) is 5.13. The highest BCUT2D eigenvalue weighted by Gasteiger charge is 2.98. The maximum absolute atomic E-state index is 14.1. The zero-order chi connectivity index (χ0) is 40.3. The molecule has 0 aromatic rings. The highest BCUT2D eigenvalue weighted by molar-refractivity contribution is 7.90. The maximum atomic E-state index is 14.1. The number of aliphatic hydroxyl groups excluding tert-OH is 1. The van der Waals surface area contributed by atoms with E-state index in [0.29, 0.717) is 4.72 Å². The van der Waals surface area contributed by atoms with E-state index < -0.39 is 121 Å². The number of hydrogen-bond donors (Lipinski definition) is 3. The van der Waals surface area contributed by atoms with Crippen LogP contribution in [0.4, 0.5) is 92.2 Å². The van der Waals surface area contributed by atoms with Crippen molar-refractivity contribution in [2.24, 2.45) is 0 Å². The van der Waals surface area contributed by atoms with Gasteiger partial charge in [-0.1, -0.05) is 0 Å². The van der Waals surface area contributed by atoms with E-state index in [1.54, 1.807) is 0 Å². The number of likely N-dealkylation sites (N-methyl/N-ethyl adjacent to an activating group) is 1. The Morgan fingerprint density at radius 1 is 0.571 bits per heavy atom. The van der Waals surface area contributed by atoms with E-state index in [4.69, 9.17) is 4.55 Å². The van der Waals surface area contributed by atoms with Crippen LogP contribution in [-0.2, 0) is 20.1 Å². The van der Waals surface area contributed by atoms with Gasteiger partial charge in [-0.05, 0) is 0 Å². The molecule has 0 aliphatic carbocycles. The van der Waals surface area contributed by atoms with Crippen molar-refractivity contribution in [3.63, 3.8) is 0 Å². The van der Waals surface area contributed by atoms with Gasteiger partial charge in [-0.25, -0.2) is 13.1 Å². The average molecular weight is 823 g/mol. The topological polar surface area (TPSA) is 121 Å². The average Bonchev–Trinajstić information content (AvgIpc) is 2.83. The largest absolute Gasteiger partial charge is 0.460 e. The second-order valence-corrected chi connectivity index (χ2v) is 13.9. The molecule has 1 atom stereocenters. The number of rotatable bonds is 18. The Labute approximate surface area is 259 Å². The van der Waals surface area contributed by atoms with Gasteiger partial charge < -0.3 is 9.59 Å². The van der Waals surface area contributed by atoms with Gasteiger partial charge in [0.05, 0.1) is 20.6 Å². The van der Waals surface area contributed by atoms with Gasteiger partial charge in [0.1, 0.15) is 18.4 Å². The van der Waals surface area contributed by atoms with Crippen LogP contribution in [0.2, 0.25) is 0 Å². The molecular formula is C18H20F21N2O6S2+. The molecule has 0 amide bonds. The van der Waals surface area contributed by atoms with Crippen molar-refractivity contribution in [2.45, 2.75) is 71.3 Å². The number of nitrogens with zero attached hydrogens (tertiary/aromatic N) is 1. The van der Waals surface area contributed by atoms with Crippen LogP contribution >= 0.6 is 0 Å². The molecule has 0 saturated heterocycles. The summed E-state index contributed by atoms with van der Waals surface area (Å²) in [7, 11) is -10.3. The Balaban J connectivity index is 6.55. The van der Waals surface area contributed by atoms with E-state index in [1.807, 2.05) is 0 Å². The molecule has 0 bridgehead atoms. The minimum atomic E-state index is -9.42. The summed E-state index contributed by atoms with van der Waals surface area (Å²) in [6.07, 6.45) is -10.9. The molecule has 0 aromatic carbocycles. The standard InChI is InChI=1S/C18H19F21N2O6S2/c1-41(2,6-8(42)7-48(43,44)45)5-3-4-40-49(46,47)18(38,39)16(33,34)14(29,30)12(25,26)10(21,22)9(19,20)11(23,24)13(27,28)15(31,32)17(35,36)37/h8,40,42H,3-7H2,1-2H3/p+1. The maximum Gasteiger partial charge on any atom is 0.460 e. The molecule has 0 heterocycles. The lowest BCUT2D eigenvalue weighted by Crippen LogP contribution is -2.77. The van der Waals surface area contributed by atoms with E-state index in [0.717, 1.165) is 14.1 Å². The molecule has 8 nitrogen and oxygen atoms in total. The fourth-order valence-electron chi connectivity index (χ4n) is 3.47. The lowest BCUT2D eigenvalue weighted by atomic mass is 9.87. The van der Waals surface area contributed by atoms with Gasteiger partial charge in [-0.3, -0.25) is 4.55 Å². The minimum Gasteiger partial charge on any atom is -0.386 e. The fraction of sp³-hybridized carbons (Fsp3) is 1.00. The third-order valence-electron chi connectivity index (χ3n) is 6.16. The Bertz CT molecular complexity index is 1400. The molecule has 0 spiro atoms. The molecule has 0 aliphatic heterocycles. The Morgan fingerprint density at radius 2 is 0.878 bits per heavy atom. The van der Waals surface area contributed by atoms with Gasteiger partial charge >= 0.3 is 58.8 Å². The third-order valence-corrected chi connectivity index (χ3v) is 8.48. The second kappa shape index (κ2) is 13.0. The van der Waals surface area contributed by atoms with Crippen LogP contribution in [0.3, 0.4) is 0 Å². The van der Waals surface area contributed by atoms with Crippen molar-refractivity contribution in [3.8, 4) is 0 Å². The molecule has 3 N–H and O–H groups in total. The van der Waals surface area contributed by atoms with Crippen molar-refractivity contribution >= 4 is 20.1 Å². The summed E-state index contributed by atoms with van der Waals surface area (Å²) < 4.78 is 336. The lowest BCUT2D eigenvalue weighted by molar-refractivity contribution is -0.893. The van der Waals surface area contributed by atoms with Crippen LogP contribution in [0.1, 0.15) is 6.42 Å². The second-order valence-electron chi connectivity index (χ2n) is 10.6. The first kappa shape index (κ1) is 47.3. The number of sulfonamides is 1. The van der Waals surface area contributed by atoms with Crippen molar-refractivity contribution < 1.29 is 123 Å². The molecule has 296 valence electrons. The predicted octanol–water partition coefficient (Wildman–Crippen LogP) is 4.86. The van der Waals surface area contributed by atoms with Crippen LogP contribution in [0.5, 0.6) is 0 Å². The molecule has 0 aliphatic rings. The Hall–Kier alpha value is -1.73. The van der Waals surface area contributed by atoms with E-state index in [-0.39, 0.29) is 0 Å². The summed E-state index contributed by atoms with van der Waals surface area (Å²) in [6.45, 7) is -2.94. The zero-order valence-corrected chi connectivity index (χ0v) is 25.0. The van der Waals surface area contributed by atoms with Gasteiger partial charge in [-0.2, -0.15) is 101 Å². The van der Waals surface area contributed by atoms with Gasteiger partial charge in [0, 0.05) is 13.0 Å². The summed E-state index contributed by atoms with van der Waals surface area (Å²) in [6, 6.07) is 0. The molecular weight excluding hydrogens is 803 g/mol. The first-order chi connectivity index (χ1) is 20.8. The van der Waals surface area contributed by atoms with E-state index in [1.165, 1.54) is 0 Å². The predicted molar refractivity (Wildman–Crippen MR) is 116 cm³/mol. The summed E-state index contributed by atoms with van der Waals surface area (Å²) in [5, 5.41) is 1.67. The van der Waals surface area contributed by atoms with Gasteiger partial charge in [-0.15, -0.1) is 0 Å². The smallest absolute Gasteiger partial charge is 0.386 e. The zero-order valence-electron chi connectivity index (χ0n) is 23.3. The summed E-state index contributed by atoms with van der Waals surface area (Å²) in [5.41, 5.74) is 0. The van der Waals surface area contributed by atoms with Crippen LogP contribution in [0, 0.1) is 0 Å². The highest BCUT2D eigenvalue weighted by Crippen LogP contribution is 2.66. The van der Waals surface area contributed by atoms with E-state index in [9.17, 15) is 114 Å². The molecule has 0 saturated carbocycles. The van der Waals surface area contributed by atoms with E-state index in [2.05, 4.69) is 0 Å². The number of nitrogens with one attached hydrogen (secondary N) is 1. The SMILES string of the molecule is C[N+](C)(CCCNS(=O)(=O)C(F)(F)C(F)(F)C(F)(F)C(F)(F)C(F)(F)C(F)(F)C(F)(F)C(F)(F)C(F)(F)C(F)(F)F)CC(O)CS(=O)(=O)O. The molecule has 1 unspecified atom stereocenters. The first-order valence-corrected chi connectivity index (χ1v) is 14.8. The molecule has 31 heteroatoms. The van der Waals surface area contributed by atoms with Crippen LogP contribution in [-0.4, -0.2) is 135 Å². The van der Waals surface area contributed by atoms with Crippen molar-refractivity contribution in [3.05, 3.63) is 0 Å². The first-order valence-electron chi connectivity index (χ1n) is 11.7. The third kappa shape index (κ3) is 7.88. The Kier molecular flexibility index (Phi) is 12.6. The van der Waals surface area contributed by atoms with Gasteiger partial charge in [0.25, 0.3) is 20.1 Å². The normalized spacial score (nSPS) is 17.0. The number of hydrogen-bond acceptors (Lipinski definition) is 5. The monoisotopic (exact) mass is 823 g/mol. The number of alkyl halides is 21. The van der Waals surface area contributed by atoms with Crippen molar-refractivity contribution in [2.75, 3.05) is 39.5 Å². The number of halogens is 21. The van der Waals surface area contributed by atoms with Gasteiger partial charge in [0.15, 0.2) is 0 Å². The highest BCUT2D eigenvalue weighted by atomic mass is 32.2. The molecule has 0 rings (SSSR count). The molecule has 0 radical (unpaired) electrons. The quantitative estimate of drug-likeness (QED) is 0.0787. The summed E-state index contributed by atoms with van der Waals surface area (Å²) in [4.78, 5) is 0. The van der Waals surface area contributed by atoms with Crippen molar-refractivity contribution in [1.82, 2.24) is 4.72 Å². The molecule has 0 aromatic heterocycles. The van der Waals surface area contributed by atoms with Crippen LogP contribution < -0.4 is 4.72 Å². The number of aliphatic hydroxyl groups is 1. The Morgan fingerprint density at radius 3 is 1.18 bits per heavy atom. The number of quaternary nitrogens is 1. The van der Waals surface area contributed by atoms with Crippen LogP contribution in [0.15, 0.2) is 0 Å². The van der Waals surface area contributed by atoms with Crippen LogP contribution in [0.25, 0.3) is 0 Å². The minimum absolute atomic E-state index is 0.348. The lowest BCUT2D eigenvalue weighted by Gasteiger charge is -2.44. The summed E-state index contributed by atoms with van der Waals surface area (Å²) in [5.74, 6) is -74.1. The van der Waals surface area contributed by atoms with Gasteiger partial charge in [0.2, 0.25) is 0 Å². The van der Waals surface area contributed by atoms with Crippen molar-refractivity contribution in [1.29, 1.82) is 0 Å². The molecule has 49 heavy (non-hydrogen) atoms.